The van der Waals surface area contributed by atoms with Crippen molar-refractivity contribution in [2.45, 2.75) is 37.5 Å². The van der Waals surface area contributed by atoms with Crippen LogP contribution in [0.1, 0.15) is 43.2 Å². The molecule has 1 spiro atoms. The van der Waals surface area contributed by atoms with Gasteiger partial charge in [-0.2, -0.15) is 0 Å². The summed E-state index contributed by atoms with van der Waals surface area (Å²) < 4.78 is 6.75. The number of hydrogen-bond acceptors (Lipinski definition) is 4. The summed E-state index contributed by atoms with van der Waals surface area (Å²) in [5.74, 6) is 7.09. The SMILES string of the molecule is c1ccc(-c2nc(-c3ccc(-c4ccc5c(c4)-c4cccc6cccc-5c46)cc3)nc(-c3cccc(-c4ccc5c(c4)C4(c6ccccc6O5)C5CC6CC(C5)CC4C6)c3)n2)cc1. The molecule has 6 aliphatic rings. The highest BCUT2D eigenvalue weighted by atomic mass is 16.5. The Labute approximate surface area is 367 Å². The van der Waals surface area contributed by atoms with Crippen LogP contribution < -0.4 is 4.74 Å². The van der Waals surface area contributed by atoms with E-state index in [0.29, 0.717) is 29.3 Å². The summed E-state index contributed by atoms with van der Waals surface area (Å²) in [5, 5.41) is 2.64. The van der Waals surface area contributed by atoms with Gasteiger partial charge in [-0.3, -0.25) is 0 Å². The van der Waals surface area contributed by atoms with Crippen molar-refractivity contribution in [1.29, 1.82) is 0 Å². The van der Waals surface area contributed by atoms with E-state index in [1.807, 2.05) is 18.2 Å². The number of ether oxygens (including phenoxy) is 1. The average molecular weight is 810 g/mol. The van der Waals surface area contributed by atoms with Crippen LogP contribution in [0.15, 0.2) is 176 Å². The molecule has 8 aromatic carbocycles. The van der Waals surface area contributed by atoms with Crippen molar-refractivity contribution >= 4 is 10.8 Å². The largest absolute Gasteiger partial charge is 0.457 e. The van der Waals surface area contributed by atoms with Crippen molar-refractivity contribution in [1.82, 2.24) is 15.0 Å². The van der Waals surface area contributed by atoms with Crippen LogP contribution in [-0.2, 0) is 5.41 Å². The summed E-state index contributed by atoms with van der Waals surface area (Å²) >= 11 is 0. The molecule has 4 fully saturated rings. The van der Waals surface area contributed by atoms with Crippen LogP contribution in [0.25, 0.3) is 89.4 Å². The van der Waals surface area contributed by atoms with Crippen molar-refractivity contribution in [3.63, 3.8) is 0 Å². The molecule has 2 heterocycles. The number of para-hydroxylation sites is 1. The third kappa shape index (κ3) is 5.31. The van der Waals surface area contributed by atoms with Crippen LogP contribution in [0.2, 0.25) is 0 Å². The highest BCUT2D eigenvalue weighted by molar-refractivity contribution is 6.15. The van der Waals surface area contributed by atoms with E-state index in [9.17, 15) is 0 Å². The van der Waals surface area contributed by atoms with Gasteiger partial charge in [0.1, 0.15) is 11.5 Å². The van der Waals surface area contributed by atoms with Crippen LogP contribution in [0, 0.1) is 23.7 Å². The summed E-state index contributed by atoms with van der Waals surface area (Å²) in [4.78, 5) is 15.4. The number of fused-ring (bicyclic) bond motifs is 5. The lowest BCUT2D eigenvalue weighted by Gasteiger charge is -2.63. The number of aromatic nitrogens is 3. The van der Waals surface area contributed by atoms with Gasteiger partial charge in [-0.15, -0.1) is 0 Å². The number of nitrogens with zero attached hydrogens (tertiary/aromatic N) is 3. The molecule has 4 nitrogen and oxygen atoms in total. The van der Waals surface area contributed by atoms with E-state index >= 15 is 0 Å². The van der Waals surface area contributed by atoms with Gasteiger partial charge in [0, 0.05) is 33.2 Å². The minimum Gasteiger partial charge on any atom is -0.457 e. The molecule has 15 rings (SSSR count). The van der Waals surface area contributed by atoms with Crippen molar-refractivity contribution in [3.05, 3.63) is 187 Å². The molecule has 0 radical (unpaired) electrons. The second-order valence-corrected chi connectivity index (χ2v) is 18.8. The van der Waals surface area contributed by atoms with E-state index in [4.69, 9.17) is 19.7 Å². The molecule has 1 aromatic heterocycles. The average Bonchev–Trinajstić information content (AvgIpc) is 3.66. The van der Waals surface area contributed by atoms with Crippen LogP contribution in [0.5, 0.6) is 11.5 Å². The first-order valence-electron chi connectivity index (χ1n) is 22.8. The molecule has 0 atom stereocenters. The van der Waals surface area contributed by atoms with E-state index in [-0.39, 0.29) is 5.41 Å². The van der Waals surface area contributed by atoms with E-state index in [1.54, 1.807) is 0 Å². The van der Waals surface area contributed by atoms with Crippen molar-refractivity contribution in [2.75, 3.05) is 0 Å². The fraction of sp³-hybridized carbons (Fsp3) is 0.169. The predicted octanol–water partition coefficient (Wildman–Crippen LogP) is 14.9. The van der Waals surface area contributed by atoms with Crippen molar-refractivity contribution in [2.24, 2.45) is 23.7 Å². The first-order chi connectivity index (χ1) is 31.1. The van der Waals surface area contributed by atoms with Gasteiger partial charge in [-0.25, -0.2) is 15.0 Å². The standard InChI is InChI=1S/C59H43N3O/c1-2-9-39(10-3-1)56-60-57(40-21-19-37(20-22-40)42-23-25-47-48-15-7-11-38-12-8-16-49(55(38)48)50(47)33-42)62-58(61-56)44-14-6-13-41(32-44)43-24-26-54-52(34-43)59(51-17-4-5-18-53(51)63-54)45-28-35-27-36(30-45)31-46(59)29-35/h1-26,32-36,45-46H,27-31H2. The Bertz CT molecular complexity index is 3300. The van der Waals surface area contributed by atoms with Gasteiger partial charge in [0.2, 0.25) is 0 Å². The minimum absolute atomic E-state index is 0.00448. The van der Waals surface area contributed by atoms with Crippen molar-refractivity contribution < 1.29 is 4.74 Å². The molecular weight excluding hydrogens is 767 g/mol. The molecule has 0 saturated heterocycles. The lowest BCUT2D eigenvalue weighted by Crippen LogP contribution is -2.56. The first kappa shape index (κ1) is 35.4. The number of benzene rings is 8. The van der Waals surface area contributed by atoms with Gasteiger partial charge in [0.05, 0.1) is 0 Å². The maximum atomic E-state index is 6.75. The van der Waals surface area contributed by atoms with E-state index in [1.165, 1.54) is 87.4 Å². The second kappa shape index (κ2) is 13.4. The summed E-state index contributed by atoms with van der Waals surface area (Å²) in [5.41, 5.74) is 15.6. The smallest absolute Gasteiger partial charge is 0.164 e. The normalized spacial score (nSPS) is 21.8. The molecule has 5 aliphatic carbocycles. The zero-order valence-corrected chi connectivity index (χ0v) is 34.8. The fourth-order valence-corrected chi connectivity index (χ4v) is 13.1. The van der Waals surface area contributed by atoms with Gasteiger partial charge in [0.25, 0.3) is 0 Å². The molecule has 9 aromatic rings. The topological polar surface area (TPSA) is 47.9 Å². The Hall–Kier alpha value is -7.17. The Morgan fingerprint density at radius 3 is 1.67 bits per heavy atom. The molecular formula is C59H43N3O. The third-order valence-corrected chi connectivity index (χ3v) is 15.5. The second-order valence-electron chi connectivity index (χ2n) is 18.8. The van der Waals surface area contributed by atoms with E-state index < -0.39 is 0 Å². The van der Waals surface area contributed by atoms with Gasteiger partial charge in [0.15, 0.2) is 17.5 Å². The Morgan fingerprint density at radius 1 is 0.365 bits per heavy atom. The van der Waals surface area contributed by atoms with Crippen molar-refractivity contribution in [3.8, 4) is 90.2 Å². The van der Waals surface area contributed by atoms with Crippen LogP contribution >= 0.6 is 0 Å². The lowest BCUT2D eigenvalue weighted by atomic mass is 9.41. The van der Waals surface area contributed by atoms with Crippen LogP contribution in [0.4, 0.5) is 0 Å². The number of rotatable bonds is 5. The lowest BCUT2D eigenvalue weighted by molar-refractivity contribution is -0.0452. The molecule has 300 valence electrons. The summed E-state index contributed by atoms with van der Waals surface area (Å²) in [6, 6.07) is 63.7. The zero-order chi connectivity index (χ0) is 41.2. The third-order valence-electron chi connectivity index (χ3n) is 15.5. The molecule has 0 N–H and O–H groups in total. The van der Waals surface area contributed by atoms with E-state index in [2.05, 4.69) is 158 Å². The predicted molar refractivity (Wildman–Crippen MR) is 253 cm³/mol. The zero-order valence-electron chi connectivity index (χ0n) is 34.8. The molecule has 0 amide bonds. The molecule has 4 bridgehead atoms. The van der Waals surface area contributed by atoms with Gasteiger partial charge in [-0.05, 0) is 141 Å². The van der Waals surface area contributed by atoms with Gasteiger partial charge < -0.3 is 4.74 Å². The fourth-order valence-electron chi connectivity index (χ4n) is 13.1. The van der Waals surface area contributed by atoms with Crippen LogP contribution in [-0.4, -0.2) is 15.0 Å². The summed E-state index contributed by atoms with van der Waals surface area (Å²) in [6.07, 6.45) is 6.74. The highest BCUT2D eigenvalue weighted by Gasteiger charge is 2.61. The summed E-state index contributed by atoms with van der Waals surface area (Å²) in [7, 11) is 0. The molecule has 0 unspecified atom stereocenters. The summed E-state index contributed by atoms with van der Waals surface area (Å²) in [6.45, 7) is 0. The monoisotopic (exact) mass is 809 g/mol. The minimum atomic E-state index is -0.00448. The molecule has 63 heavy (non-hydrogen) atoms. The molecule has 4 heteroatoms. The Kier molecular flexibility index (Phi) is 7.54. The quantitative estimate of drug-likeness (QED) is 0.174. The maximum Gasteiger partial charge on any atom is 0.164 e. The molecule has 1 aliphatic heterocycles. The number of hydrogen-bond donors (Lipinski definition) is 0. The van der Waals surface area contributed by atoms with Crippen LogP contribution in [0.3, 0.4) is 0 Å². The Balaban J connectivity index is 0.837. The molecule has 4 saturated carbocycles. The van der Waals surface area contributed by atoms with E-state index in [0.717, 1.165) is 51.2 Å². The Morgan fingerprint density at radius 2 is 0.905 bits per heavy atom. The highest BCUT2D eigenvalue weighted by Crippen LogP contribution is 2.69. The maximum absolute atomic E-state index is 6.75. The first-order valence-corrected chi connectivity index (χ1v) is 22.8. The van der Waals surface area contributed by atoms with Gasteiger partial charge in [-0.1, -0.05) is 146 Å². The van der Waals surface area contributed by atoms with Gasteiger partial charge >= 0.3 is 0 Å².